The van der Waals surface area contributed by atoms with Crippen molar-refractivity contribution in [1.82, 2.24) is 9.97 Å². The average molecular weight is 493 g/mol. The third kappa shape index (κ3) is 5.68. The van der Waals surface area contributed by atoms with Crippen LogP contribution in [0.5, 0.6) is 11.8 Å². The zero-order valence-corrected chi connectivity index (χ0v) is 20.6. The summed E-state index contributed by atoms with van der Waals surface area (Å²) in [4.78, 5) is 19.7. The first-order valence-electron chi connectivity index (χ1n) is 10.3. The SMILES string of the molecule is CC#C[C@@H](CC(=O)O)c1ccc(OCc2ccc3scc(-c4cccnc4OC)c3c2)nc1.S. The Morgan fingerprint density at radius 1 is 1.18 bits per heavy atom. The highest BCUT2D eigenvalue weighted by Gasteiger charge is 2.15. The van der Waals surface area contributed by atoms with Gasteiger partial charge in [0.15, 0.2) is 0 Å². The molecule has 6 nitrogen and oxygen atoms in total. The Kier molecular flexibility index (Phi) is 8.52. The summed E-state index contributed by atoms with van der Waals surface area (Å²) in [6, 6.07) is 13.7. The minimum absolute atomic E-state index is 0. The van der Waals surface area contributed by atoms with Crippen molar-refractivity contribution >= 4 is 40.9 Å². The molecule has 0 unspecified atom stereocenters. The van der Waals surface area contributed by atoms with Crippen LogP contribution in [0, 0.1) is 11.8 Å². The second-order valence-electron chi connectivity index (χ2n) is 7.30. The molecule has 1 aromatic carbocycles. The molecule has 1 atom stereocenters. The van der Waals surface area contributed by atoms with Gasteiger partial charge in [-0.25, -0.2) is 9.97 Å². The molecule has 174 valence electrons. The van der Waals surface area contributed by atoms with E-state index in [-0.39, 0.29) is 19.9 Å². The van der Waals surface area contributed by atoms with Crippen molar-refractivity contribution in [3.8, 4) is 34.7 Å². The number of fused-ring (bicyclic) bond motifs is 1. The van der Waals surface area contributed by atoms with Gasteiger partial charge in [0.2, 0.25) is 11.8 Å². The lowest BCUT2D eigenvalue weighted by atomic mass is 9.98. The van der Waals surface area contributed by atoms with E-state index in [1.807, 2.05) is 24.3 Å². The predicted octanol–water partition coefficient (Wildman–Crippen LogP) is 5.64. The highest BCUT2D eigenvalue weighted by atomic mass is 32.1. The predicted molar refractivity (Wildman–Crippen MR) is 139 cm³/mol. The number of pyridine rings is 2. The van der Waals surface area contributed by atoms with Crippen LogP contribution >= 0.6 is 24.8 Å². The lowest BCUT2D eigenvalue weighted by Gasteiger charge is -2.10. The Hall–Kier alpha value is -3.54. The van der Waals surface area contributed by atoms with E-state index < -0.39 is 11.9 Å². The number of ether oxygens (including phenoxy) is 2. The maximum Gasteiger partial charge on any atom is 0.304 e. The number of hydrogen-bond donors (Lipinski definition) is 1. The summed E-state index contributed by atoms with van der Waals surface area (Å²) in [5.74, 6) is 5.49. The zero-order valence-electron chi connectivity index (χ0n) is 18.7. The van der Waals surface area contributed by atoms with Crippen LogP contribution in [-0.2, 0) is 11.4 Å². The number of carboxylic acids is 1. The second kappa shape index (κ2) is 11.5. The van der Waals surface area contributed by atoms with Gasteiger partial charge in [-0.05, 0) is 47.7 Å². The van der Waals surface area contributed by atoms with Crippen LogP contribution in [0.25, 0.3) is 21.2 Å². The molecule has 0 fully saturated rings. The van der Waals surface area contributed by atoms with E-state index in [4.69, 9.17) is 14.6 Å². The Labute approximate surface area is 209 Å². The van der Waals surface area contributed by atoms with Gasteiger partial charge in [-0.2, -0.15) is 13.5 Å². The van der Waals surface area contributed by atoms with Crippen molar-refractivity contribution in [2.45, 2.75) is 25.9 Å². The molecule has 0 saturated heterocycles. The summed E-state index contributed by atoms with van der Waals surface area (Å²) in [5.41, 5.74) is 3.80. The summed E-state index contributed by atoms with van der Waals surface area (Å²) in [5, 5.41) is 12.3. The maximum atomic E-state index is 11.1. The molecule has 3 heterocycles. The second-order valence-corrected chi connectivity index (χ2v) is 8.21. The molecular formula is C26H24N2O4S2. The zero-order chi connectivity index (χ0) is 23.2. The molecule has 34 heavy (non-hydrogen) atoms. The van der Waals surface area contributed by atoms with E-state index in [0.717, 1.165) is 27.6 Å². The molecule has 0 aliphatic rings. The van der Waals surface area contributed by atoms with Gasteiger partial charge in [0.1, 0.15) is 6.61 Å². The Morgan fingerprint density at radius 3 is 2.74 bits per heavy atom. The maximum absolute atomic E-state index is 11.1. The molecule has 0 aliphatic heterocycles. The van der Waals surface area contributed by atoms with E-state index in [1.54, 1.807) is 43.8 Å². The Morgan fingerprint density at radius 2 is 2.03 bits per heavy atom. The number of aromatic nitrogens is 2. The van der Waals surface area contributed by atoms with Gasteiger partial charge in [0.05, 0.1) is 19.4 Å². The normalized spacial score (nSPS) is 11.1. The number of rotatable bonds is 8. The van der Waals surface area contributed by atoms with Gasteiger partial charge >= 0.3 is 5.97 Å². The first-order valence-corrected chi connectivity index (χ1v) is 11.2. The summed E-state index contributed by atoms with van der Waals surface area (Å²) in [6.45, 7) is 2.05. The number of nitrogens with zero attached hydrogens (tertiary/aromatic N) is 2. The number of hydrogen-bond acceptors (Lipinski definition) is 6. The molecule has 0 spiro atoms. The summed E-state index contributed by atoms with van der Waals surface area (Å²) >= 11 is 1.67. The van der Waals surface area contributed by atoms with E-state index in [9.17, 15) is 4.79 Å². The third-order valence-electron chi connectivity index (χ3n) is 5.14. The molecular weight excluding hydrogens is 468 g/mol. The summed E-state index contributed by atoms with van der Waals surface area (Å²) < 4.78 is 12.5. The summed E-state index contributed by atoms with van der Waals surface area (Å²) in [7, 11) is 1.62. The molecule has 8 heteroatoms. The molecule has 0 aliphatic carbocycles. The monoisotopic (exact) mass is 492 g/mol. The molecule has 0 saturated carbocycles. The lowest BCUT2D eigenvalue weighted by molar-refractivity contribution is -0.137. The molecule has 3 aromatic heterocycles. The van der Waals surface area contributed by atoms with Gasteiger partial charge in [-0.1, -0.05) is 18.1 Å². The van der Waals surface area contributed by atoms with Crippen LogP contribution in [0.4, 0.5) is 0 Å². The topological polar surface area (TPSA) is 81.5 Å². The van der Waals surface area contributed by atoms with Crippen LogP contribution in [0.15, 0.2) is 60.2 Å². The molecule has 4 rings (SSSR count). The van der Waals surface area contributed by atoms with Gasteiger partial charge in [-0.3, -0.25) is 4.79 Å². The fraction of sp³-hybridized carbons (Fsp3) is 0.192. The molecule has 0 amide bonds. The molecule has 0 bridgehead atoms. The molecule has 4 aromatic rings. The highest BCUT2D eigenvalue weighted by Crippen LogP contribution is 2.38. The quantitative estimate of drug-likeness (QED) is 0.321. The number of thiophene rings is 1. The van der Waals surface area contributed by atoms with Crippen molar-refractivity contribution in [3.05, 3.63) is 71.4 Å². The number of benzene rings is 1. The first kappa shape index (κ1) is 25.1. The largest absolute Gasteiger partial charge is 0.481 e. The number of carboxylic acid groups (broad SMARTS) is 1. The number of carbonyl (C=O) groups is 1. The van der Waals surface area contributed by atoms with E-state index >= 15 is 0 Å². The highest BCUT2D eigenvalue weighted by molar-refractivity contribution is 7.59. The van der Waals surface area contributed by atoms with Crippen LogP contribution in [-0.4, -0.2) is 28.2 Å². The van der Waals surface area contributed by atoms with Crippen LogP contribution in [0.2, 0.25) is 0 Å². The standard InChI is InChI=1S/C26H22N2O4S.H2S/c1-3-5-18(13-25(29)30)19-8-10-24(28-14-19)32-15-17-7-9-23-21(12-17)22(16-33-23)20-6-4-11-27-26(20)31-2;/h4,6-12,14,16,18H,13,15H2,1-2H3,(H,29,30);1H2/t18-;/m0./s1. The molecule has 1 N–H and O–H groups in total. The minimum Gasteiger partial charge on any atom is -0.481 e. The van der Waals surface area contributed by atoms with Crippen molar-refractivity contribution in [1.29, 1.82) is 0 Å². The lowest BCUT2D eigenvalue weighted by Crippen LogP contribution is -2.05. The van der Waals surface area contributed by atoms with Crippen molar-refractivity contribution in [3.63, 3.8) is 0 Å². The van der Waals surface area contributed by atoms with Crippen molar-refractivity contribution in [2.75, 3.05) is 7.11 Å². The fourth-order valence-electron chi connectivity index (χ4n) is 3.57. The van der Waals surface area contributed by atoms with Gasteiger partial charge in [0.25, 0.3) is 0 Å². The van der Waals surface area contributed by atoms with Crippen molar-refractivity contribution < 1.29 is 19.4 Å². The van der Waals surface area contributed by atoms with Gasteiger partial charge < -0.3 is 14.6 Å². The smallest absolute Gasteiger partial charge is 0.304 e. The van der Waals surface area contributed by atoms with Crippen LogP contribution in [0.1, 0.15) is 30.4 Å². The Bertz CT molecular complexity index is 1340. The van der Waals surface area contributed by atoms with E-state index in [1.165, 1.54) is 4.70 Å². The number of methoxy groups -OCH3 is 1. The molecule has 0 radical (unpaired) electrons. The number of aliphatic carboxylic acids is 1. The van der Waals surface area contributed by atoms with Crippen LogP contribution < -0.4 is 9.47 Å². The van der Waals surface area contributed by atoms with Gasteiger partial charge in [0, 0.05) is 39.7 Å². The summed E-state index contributed by atoms with van der Waals surface area (Å²) in [6.07, 6.45) is 3.28. The average Bonchev–Trinajstić information content (AvgIpc) is 3.25. The minimum atomic E-state index is -0.893. The van der Waals surface area contributed by atoms with E-state index in [2.05, 4.69) is 39.3 Å². The van der Waals surface area contributed by atoms with E-state index in [0.29, 0.717) is 18.4 Å². The fourth-order valence-corrected chi connectivity index (χ4v) is 4.52. The van der Waals surface area contributed by atoms with Crippen molar-refractivity contribution in [2.24, 2.45) is 0 Å². The van der Waals surface area contributed by atoms with Gasteiger partial charge in [-0.15, -0.1) is 17.3 Å². The first-order chi connectivity index (χ1) is 16.1. The Balaban J connectivity index is 0.00000324. The van der Waals surface area contributed by atoms with Crippen LogP contribution in [0.3, 0.4) is 0 Å². The third-order valence-corrected chi connectivity index (χ3v) is 6.10.